The number of ether oxygens (including phenoxy) is 1. The van der Waals surface area contributed by atoms with Gasteiger partial charge in [-0.15, -0.1) is 0 Å². The van der Waals surface area contributed by atoms with E-state index in [1.54, 1.807) is 0 Å². The molecule has 0 aliphatic rings. The molecule has 0 fully saturated rings. The normalized spacial score (nSPS) is 12.1. The van der Waals surface area contributed by atoms with Gasteiger partial charge >= 0.3 is 0 Å². The summed E-state index contributed by atoms with van der Waals surface area (Å²) in [6.45, 7) is 6.13. The first kappa shape index (κ1) is 14.7. The van der Waals surface area contributed by atoms with Crippen LogP contribution in [0.5, 0.6) is 0 Å². The van der Waals surface area contributed by atoms with Gasteiger partial charge in [0.15, 0.2) is 0 Å². The zero-order valence-corrected chi connectivity index (χ0v) is 11.3. The van der Waals surface area contributed by atoms with Gasteiger partial charge in [0.05, 0.1) is 5.92 Å². The highest BCUT2D eigenvalue weighted by atomic mass is 16.5. The number of amides is 1. The Morgan fingerprint density at radius 1 is 1.28 bits per heavy atom. The number of hydrogen-bond acceptors (Lipinski definition) is 2. The van der Waals surface area contributed by atoms with E-state index in [9.17, 15) is 4.79 Å². The molecule has 18 heavy (non-hydrogen) atoms. The van der Waals surface area contributed by atoms with Crippen molar-refractivity contribution < 1.29 is 9.53 Å². The van der Waals surface area contributed by atoms with E-state index in [1.165, 1.54) is 0 Å². The van der Waals surface area contributed by atoms with E-state index in [1.807, 2.05) is 44.2 Å². The van der Waals surface area contributed by atoms with Crippen LogP contribution in [0.3, 0.4) is 0 Å². The van der Waals surface area contributed by atoms with Crippen molar-refractivity contribution in [3.63, 3.8) is 0 Å². The molecular formula is C15H23NO2. The van der Waals surface area contributed by atoms with Gasteiger partial charge in [-0.05, 0) is 25.3 Å². The van der Waals surface area contributed by atoms with Crippen LogP contribution in [0, 0.1) is 0 Å². The zero-order chi connectivity index (χ0) is 13.2. The van der Waals surface area contributed by atoms with Crippen LogP contribution in [0.15, 0.2) is 30.3 Å². The monoisotopic (exact) mass is 249 g/mol. The van der Waals surface area contributed by atoms with Crippen LogP contribution in [0.4, 0.5) is 0 Å². The number of benzene rings is 1. The van der Waals surface area contributed by atoms with Crippen LogP contribution in [-0.4, -0.2) is 25.7 Å². The Labute approximate surface area is 110 Å². The molecule has 0 heterocycles. The molecule has 1 amide bonds. The van der Waals surface area contributed by atoms with Crippen molar-refractivity contribution >= 4 is 5.91 Å². The summed E-state index contributed by atoms with van der Waals surface area (Å²) in [6.07, 6.45) is 1.69. The molecule has 0 aliphatic heterocycles. The number of hydrogen-bond donors (Lipinski definition) is 1. The molecule has 0 aromatic heterocycles. The van der Waals surface area contributed by atoms with E-state index >= 15 is 0 Å². The van der Waals surface area contributed by atoms with E-state index in [4.69, 9.17) is 4.74 Å². The maximum atomic E-state index is 12.1. The second kappa shape index (κ2) is 8.70. The summed E-state index contributed by atoms with van der Waals surface area (Å²) in [5.74, 6) is 0.0680. The lowest BCUT2D eigenvalue weighted by molar-refractivity contribution is -0.122. The van der Waals surface area contributed by atoms with Crippen LogP contribution < -0.4 is 5.32 Å². The third-order valence-electron chi connectivity index (χ3n) is 2.90. The Balaban J connectivity index is 2.39. The van der Waals surface area contributed by atoms with Crippen molar-refractivity contribution in [2.75, 3.05) is 19.8 Å². The summed E-state index contributed by atoms with van der Waals surface area (Å²) in [5.41, 5.74) is 1.09. The fraction of sp³-hybridized carbons (Fsp3) is 0.533. The van der Waals surface area contributed by atoms with E-state index in [0.29, 0.717) is 13.2 Å². The first-order valence-electron chi connectivity index (χ1n) is 6.70. The van der Waals surface area contributed by atoms with E-state index < -0.39 is 0 Å². The molecular weight excluding hydrogens is 226 g/mol. The highest BCUT2D eigenvalue weighted by Gasteiger charge is 2.17. The van der Waals surface area contributed by atoms with Gasteiger partial charge < -0.3 is 10.1 Å². The average molecular weight is 249 g/mol. The molecule has 0 bridgehead atoms. The molecule has 0 aliphatic carbocycles. The molecule has 1 aromatic rings. The summed E-state index contributed by atoms with van der Waals surface area (Å²) in [4.78, 5) is 12.1. The molecule has 1 rings (SSSR count). The second-order valence-corrected chi connectivity index (χ2v) is 4.21. The third-order valence-corrected chi connectivity index (χ3v) is 2.90. The minimum atomic E-state index is -0.0432. The molecule has 0 radical (unpaired) electrons. The van der Waals surface area contributed by atoms with E-state index in [-0.39, 0.29) is 11.8 Å². The van der Waals surface area contributed by atoms with Gasteiger partial charge in [-0.25, -0.2) is 0 Å². The third kappa shape index (κ3) is 4.88. The zero-order valence-electron chi connectivity index (χ0n) is 11.3. The smallest absolute Gasteiger partial charge is 0.227 e. The molecule has 0 saturated heterocycles. The molecule has 1 N–H and O–H groups in total. The maximum Gasteiger partial charge on any atom is 0.227 e. The van der Waals surface area contributed by atoms with Crippen LogP contribution in [-0.2, 0) is 9.53 Å². The topological polar surface area (TPSA) is 38.3 Å². The predicted octanol–water partition coefficient (Wildman–Crippen LogP) is 2.72. The van der Waals surface area contributed by atoms with Gasteiger partial charge in [-0.3, -0.25) is 4.79 Å². The lowest BCUT2D eigenvalue weighted by Gasteiger charge is -2.15. The van der Waals surface area contributed by atoms with E-state index in [2.05, 4.69) is 5.32 Å². The predicted molar refractivity (Wildman–Crippen MR) is 73.6 cm³/mol. The van der Waals surface area contributed by atoms with Crippen molar-refractivity contribution in [2.24, 2.45) is 0 Å². The lowest BCUT2D eigenvalue weighted by atomic mass is 9.96. The quantitative estimate of drug-likeness (QED) is 0.719. The maximum absolute atomic E-state index is 12.1. The number of nitrogens with one attached hydrogen (secondary N) is 1. The molecule has 0 spiro atoms. The number of carbonyl (C=O) groups is 1. The summed E-state index contributed by atoms with van der Waals surface area (Å²) >= 11 is 0. The van der Waals surface area contributed by atoms with Gasteiger partial charge in [0.25, 0.3) is 0 Å². The first-order valence-corrected chi connectivity index (χ1v) is 6.70. The molecule has 100 valence electrons. The SMILES string of the molecule is CCOCCCNC(=O)[C@H](CC)c1ccccc1. The summed E-state index contributed by atoms with van der Waals surface area (Å²) in [6, 6.07) is 9.93. The Hall–Kier alpha value is -1.35. The van der Waals surface area contributed by atoms with Crippen molar-refractivity contribution in [1.82, 2.24) is 5.32 Å². The summed E-state index contributed by atoms with van der Waals surface area (Å²) < 4.78 is 5.24. The fourth-order valence-corrected chi connectivity index (χ4v) is 1.91. The Morgan fingerprint density at radius 2 is 2.00 bits per heavy atom. The van der Waals surface area contributed by atoms with Gasteiger partial charge in [0.1, 0.15) is 0 Å². The fourth-order valence-electron chi connectivity index (χ4n) is 1.91. The van der Waals surface area contributed by atoms with Crippen LogP contribution in [0.1, 0.15) is 38.2 Å². The van der Waals surface area contributed by atoms with Crippen LogP contribution >= 0.6 is 0 Å². The first-order chi connectivity index (χ1) is 8.79. The Bertz CT molecular complexity index is 338. The van der Waals surface area contributed by atoms with E-state index in [0.717, 1.165) is 25.0 Å². The van der Waals surface area contributed by atoms with Gasteiger partial charge in [-0.2, -0.15) is 0 Å². The van der Waals surface area contributed by atoms with Crippen molar-refractivity contribution in [2.45, 2.75) is 32.6 Å². The molecule has 1 atom stereocenters. The van der Waals surface area contributed by atoms with Crippen LogP contribution in [0.2, 0.25) is 0 Å². The van der Waals surface area contributed by atoms with Crippen molar-refractivity contribution in [3.8, 4) is 0 Å². The van der Waals surface area contributed by atoms with Crippen LogP contribution in [0.25, 0.3) is 0 Å². The Morgan fingerprint density at radius 3 is 2.61 bits per heavy atom. The number of rotatable bonds is 8. The second-order valence-electron chi connectivity index (χ2n) is 4.21. The van der Waals surface area contributed by atoms with Gasteiger partial charge in [0, 0.05) is 19.8 Å². The largest absolute Gasteiger partial charge is 0.382 e. The van der Waals surface area contributed by atoms with Gasteiger partial charge in [-0.1, -0.05) is 37.3 Å². The summed E-state index contributed by atoms with van der Waals surface area (Å²) in [5, 5.41) is 2.97. The molecule has 3 nitrogen and oxygen atoms in total. The van der Waals surface area contributed by atoms with Crippen molar-refractivity contribution in [1.29, 1.82) is 0 Å². The Kier molecular flexibility index (Phi) is 7.11. The molecule has 3 heteroatoms. The standard InChI is InChI=1S/C15H23NO2/c1-3-14(13-9-6-5-7-10-13)15(17)16-11-8-12-18-4-2/h5-7,9-10,14H,3-4,8,11-12H2,1-2H3,(H,16,17)/t14-/m1/s1. The number of carbonyl (C=O) groups excluding carboxylic acids is 1. The highest BCUT2D eigenvalue weighted by Crippen LogP contribution is 2.18. The molecule has 0 unspecified atom stereocenters. The molecule has 1 aromatic carbocycles. The molecule has 0 saturated carbocycles. The summed E-state index contributed by atoms with van der Waals surface area (Å²) in [7, 11) is 0. The highest BCUT2D eigenvalue weighted by molar-refractivity contribution is 5.83. The van der Waals surface area contributed by atoms with Gasteiger partial charge in [0.2, 0.25) is 5.91 Å². The minimum absolute atomic E-state index is 0.0432. The van der Waals surface area contributed by atoms with Crippen molar-refractivity contribution in [3.05, 3.63) is 35.9 Å². The lowest BCUT2D eigenvalue weighted by Crippen LogP contribution is -2.30. The minimum Gasteiger partial charge on any atom is -0.382 e. The average Bonchev–Trinajstić information content (AvgIpc) is 2.40.